The molecule has 110 valence electrons. The first-order valence-corrected chi connectivity index (χ1v) is 8.79. The van der Waals surface area contributed by atoms with Crippen molar-refractivity contribution in [2.45, 2.75) is 55.9 Å². The van der Waals surface area contributed by atoms with E-state index in [9.17, 15) is 4.79 Å². The van der Waals surface area contributed by atoms with E-state index in [1.807, 2.05) is 24.3 Å². The summed E-state index contributed by atoms with van der Waals surface area (Å²) < 4.78 is 0. The van der Waals surface area contributed by atoms with E-state index in [4.69, 9.17) is 11.6 Å². The fourth-order valence-corrected chi connectivity index (χ4v) is 3.62. The van der Waals surface area contributed by atoms with Crippen molar-refractivity contribution in [1.82, 2.24) is 5.32 Å². The third-order valence-corrected chi connectivity index (χ3v) is 5.18. The van der Waals surface area contributed by atoms with Crippen LogP contribution < -0.4 is 5.32 Å². The zero-order valence-corrected chi connectivity index (χ0v) is 13.3. The molecule has 0 radical (unpaired) electrons. The Kier molecular flexibility index (Phi) is 6.74. The summed E-state index contributed by atoms with van der Waals surface area (Å²) in [6.45, 7) is 0. The summed E-state index contributed by atoms with van der Waals surface area (Å²) in [5, 5.41) is 3.89. The van der Waals surface area contributed by atoms with Crippen molar-refractivity contribution in [2.75, 3.05) is 5.75 Å². The maximum Gasteiger partial charge on any atom is 0.230 e. The van der Waals surface area contributed by atoms with Gasteiger partial charge >= 0.3 is 0 Å². The highest BCUT2D eigenvalue weighted by Gasteiger charge is 2.14. The lowest BCUT2D eigenvalue weighted by Gasteiger charge is -2.21. The smallest absolute Gasteiger partial charge is 0.230 e. The molecule has 1 aliphatic carbocycles. The van der Waals surface area contributed by atoms with Gasteiger partial charge in [0.2, 0.25) is 5.91 Å². The number of halogens is 1. The number of hydrogen-bond acceptors (Lipinski definition) is 2. The molecular formula is C16H22ClNOS. The Balaban J connectivity index is 1.75. The minimum Gasteiger partial charge on any atom is -0.353 e. The number of thioether (sulfide) groups is 1. The average molecular weight is 312 g/mol. The van der Waals surface area contributed by atoms with Crippen LogP contribution in [0.3, 0.4) is 0 Å². The van der Waals surface area contributed by atoms with E-state index < -0.39 is 0 Å². The number of amides is 1. The van der Waals surface area contributed by atoms with Gasteiger partial charge in [0.15, 0.2) is 0 Å². The summed E-state index contributed by atoms with van der Waals surface area (Å²) in [5.41, 5.74) is 0. The molecule has 1 N–H and O–H groups in total. The molecule has 1 fully saturated rings. The van der Waals surface area contributed by atoms with Crippen molar-refractivity contribution in [3.63, 3.8) is 0 Å². The summed E-state index contributed by atoms with van der Waals surface area (Å²) in [4.78, 5) is 13.0. The molecule has 0 aromatic heterocycles. The van der Waals surface area contributed by atoms with Gasteiger partial charge in [0.05, 0.1) is 10.8 Å². The first-order valence-electron chi connectivity index (χ1n) is 7.42. The van der Waals surface area contributed by atoms with Crippen LogP contribution in [0.25, 0.3) is 0 Å². The van der Waals surface area contributed by atoms with Crippen LogP contribution >= 0.6 is 23.4 Å². The van der Waals surface area contributed by atoms with Crippen LogP contribution in [0.1, 0.15) is 44.9 Å². The molecule has 1 aromatic carbocycles. The Morgan fingerprint density at radius 2 is 1.80 bits per heavy atom. The van der Waals surface area contributed by atoms with E-state index in [0.717, 1.165) is 22.8 Å². The third-order valence-electron chi connectivity index (χ3n) is 3.67. The average Bonchev–Trinajstić information content (AvgIpc) is 2.41. The molecular weight excluding hydrogens is 290 g/mol. The molecule has 1 aliphatic rings. The fourth-order valence-electron chi connectivity index (χ4n) is 2.57. The van der Waals surface area contributed by atoms with Gasteiger partial charge in [-0.1, -0.05) is 55.8 Å². The van der Waals surface area contributed by atoms with Gasteiger partial charge in [0.25, 0.3) is 0 Å². The van der Waals surface area contributed by atoms with Gasteiger partial charge in [-0.3, -0.25) is 4.79 Å². The Morgan fingerprint density at radius 3 is 2.50 bits per heavy atom. The van der Waals surface area contributed by atoms with Crippen molar-refractivity contribution >= 4 is 29.3 Å². The highest BCUT2D eigenvalue weighted by Crippen LogP contribution is 2.26. The normalized spacial score (nSPS) is 17.2. The molecule has 0 unspecified atom stereocenters. The SMILES string of the molecule is O=C(CSc1ccccc1Cl)NC1CCCCCCC1. The molecule has 4 heteroatoms. The standard InChI is InChI=1S/C16H22ClNOS/c17-14-10-6-7-11-15(14)20-12-16(19)18-13-8-4-2-1-3-5-9-13/h6-7,10-11,13H,1-5,8-9,12H2,(H,18,19). The zero-order chi connectivity index (χ0) is 14.2. The van der Waals surface area contributed by atoms with Crippen molar-refractivity contribution in [3.05, 3.63) is 29.3 Å². The summed E-state index contributed by atoms with van der Waals surface area (Å²) in [6.07, 6.45) is 8.70. The van der Waals surface area contributed by atoms with Crippen LogP contribution in [-0.4, -0.2) is 17.7 Å². The van der Waals surface area contributed by atoms with Crippen LogP contribution in [0, 0.1) is 0 Å². The van der Waals surface area contributed by atoms with Crippen LogP contribution in [0.2, 0.25) is 5.02 Å². The first kappa shape index (κ1) is 15.7. The van der Waals surface area contributed by atoms with E-state index in [0.29, 0.717) is 11.8 Å². The van der Waals surface area contributed by atoms with Crippen molar-refractivity contribution < 1.29 is 4.79 Å². The number of carbonyl (C=O) groups excluding carboxylic acids is 1. The van der Waals surface area contributed by atoms with E-state index in [-0.39, 0.29) is 5.91 Å². The molecule has 20 heavy (non-hydrogen) atoms. The van der Waals surface area contributed by atoms with E-state index in [1.165, 1.54) is 43.9 Å². The number of rotatable bonds is 4. The Bertz CT molecular complexity index is 430. The predicted molar refractivity (Wildman–Crippen MR) is 86.4 cm³/mol. The Morgan fingerprint density at radius 1 is 1.15 bits per heavy atom. The second kappa shape index (κ2) is 8.58. The minimum absolute atomic E-state index is 0.125. The fraction of sp³-hybridized carbons (Fsp3) is 0.562. The Hall–Kier alpha value is -0.670. The largest absolute Gasteiger partial charge is 0.353 e. The molecule has 0 aliphatic heterocycles. The summed E-state index contributed by atoms with van der Waals surface area (Å²) in [7, 11) is 0. The molecule has 0 heterocycles. The van der Waals surface area contributed by atoms with E-state index in [1.54, 1.807) is 0 Å². The lowest BCUT2D eigenvalue weighted by Crippen LogP contribution is -2.36. The van der Waals surface area contributed by atoms with Crippen molar-refractivity contribution in [2.24, 2.45) is 0 Å². The predicted octanol–water partition coefficient (Wildman–Crippen LogP) is 4.66. The molecule has 0 atom stereocenters. The highest BCUT2D eigenvalue weighted by molar-refractivity contribution is 8.00. The van der Waals surface area contributed by atoms with Crippen LogP contribution in [-0.2, 0) is 4.79 Å². The van der Waals surface area contributed by atoms with Crippen molar-refractivity contribution in [1.29, 1.82) is 0 Å². The summed E-state index contributed by atoms with van der Waals surface area (Å²) in [5.74, 6) is 0.570. The van der Waals surface area contributed by atoms with Gasteiger partial charge in [-0.15, -0.1) is 11.8 Å². The van der Waals surface area contributed by atoms with Crippen LogP contribution in [0.15, 0.2) is 29.2 Å². The molecule has 2 rings (SSSR count). The number of nitrogens with one attached hydrogen (secondary N) is 1. The van der Waals surface area contributed by atoms with Crippen LogP contribution in [0.5, 0.6) is 0 Å². The lowest BCUT2D eigenvalue weighted by molar-refractivity contribution is -0.119. The third kappa shape index (κ3) is 5.37. The second-order valence-electron chi connectivity index (χ2n) is 5.33. The van der Waals surface area contributed by atoms with Gasteiger partial charge in [0, 0.05) is 10.9 Å². The zero-order valence-electron chi connectivity index (χ0n) is 11.7. The molecule has 0 bridgehead atoms. The van der Waals surface area contributed by atoms with Gasteiger partial charge in [-0.25, -0.2) is 0 Å². The topological polar surface area (TPSA) is 29.1 Å². The first-order chi connectivity index (χ1) is 9.75. The number of hydrogen-bond donors (Lipinski definition) is 1. The van der Waals surface area contributed by atoms with Gasteiger partial charge < -0.3 is 5.32 Å². The quantitative estimate of drug-likeness (QED) is 0.819. The van der Waals surface area contributed by atoms with E-state index >= 15 is 0 Å². The van der Waals surface area contributed by atoms with E-state index in [2.05, 4.69) is 5.32 Å². The lowest BCUT2D eigenvalue weighted by atomic mass is 9.97. The van der Waals surface area contributed by atoms with Crippen molar-refractivity contribution in [3.8, 4) is 0 Å². The van der Waals surface area contributed by atoms with Crippen LogP contribution in [0.4, 0.5) is 0 Å². The number of carbonyl (C=O) groups is 1. The monoisotopic (exact) mass is 311 g/mol. The molecule has 0 saturated heterocycles. The summed E-state index contributed by atoms with van der Waals surface area (Å²) >= 11 is 7.60. The maximum atomic E-state index is 12.0. The number of benzene rings is 1. The molecule has 2 nitrogen and oxygen atoms in total. The van der Waals surface area contributed by atoms with Gasteiger partial charge in [-0.2, -0.15) is 0 Å². The summed E-state index contributed by atoms with van der Waals surface area (Å²) in [6, 6.07) is 8.03. The molecule has 1 amide bonds. The second-order valence-corrected chi connectivity index (χ2v) is 6.75. The minimum atomic E-state index is 0.125. The van der Waals surface area contributed by atoms with Gasteiger partial charge in [-0.05, 0) is 25.0 Å². The highest BCUT2D eigenvalue weighted by atomic mass is 35.5. The molecule has 0 spiro atoms. The molecule has 1 saturated carbocycles. The Labute approximate surface area is 130 Å². The van der Waals surface area contributed by atoms with Gasteiger partial charge in [0.1, 0.15) is 0 Å². The molecule has 1 aromatic rings. The maximum absolute atomic E-state index is 12.0.